The lowest BCUT2D eigenvalue weighted by Gasteiger charge is -2.08. The number of anilines is 1. The van der Waals surface area contributed by atoms with Crippen LogP contribution in [0.2, 0.25) is 0 Å². The molecule has 0 amide bonds. The van der Waals surface area contributed by atoms with Gasteiger partial charge >= 0.3 is 0 Å². The minimum Gasteiger partial charge on any atom is -0.377 e. The first-order valence-electron chi connectivity index (χ1n) is 7.91. The van der Waals surface area contributed by atoms with Gasteiger partial charge in [0.15, 0.2) is 5.82 Å². The van der Waals surface area contributed by atoms with Gasteiger partial charge in [0, 0.05) is 11.6 Å². The van der Waals surface area contributed by atoms with E-state index in [9.17, 15) is 0 Å². The van der Waals surface area contributed by atoms with Crippen molar-refractivity contribution in [3.05, 3.63) is 66.2 Å². The molecule has 0 aliphatic heterocycles. The van der Waals surface area contributed by atoms with E-state index in [0.29, 0.717) is 5.82 Å². The molecule has 3 rings (SSSR count). The Morgan fingerprint density at radius 3 is 2.61 bits per heavy atom. The smallest absolute Gasteiger partial charge is 0.150 e. The quantitative estimate of drug-likeness (QED) is 0.680. The molecule has 4 nitrogen and oxygen atoms in total. The molecule has 3 aromatic rings. The van der Waals surface area contributed by atoms with E-state index in [1.54, 1.807) is 0 Å². The number of aryl methyl sites for hydroxylation is 1. The van der Waals surface area contributed by atoms with Crippen LogP contribution in [0.15, 0.2) is 60.7 Å². The molecule has 1 heterocycles. The van der Waals surface area contributed by atoms with Crippen LogP contribution in [-0.2, 0) is 6.42 Å². The monoisotopic (exact) mass is 307 g/mol. The van der Waals surface area contributed by atoms with E-state index in [1.165, 1.54) is 5.56 Å². The van der Waals surface area contributed by atoms with Crippen LogP contribution in [0.1, 0.15) is 18.9 Å². The van der Waals surface area contributed by atoms with E-state index in [1.807, 2.05) is 41.1 Å². The van der Waals surface area contributed by atoms with Crippen LogP contribution in [0, 0.1) is 0 Å². The summed E-state index contributed by atoms with van der Waals surface area (Å²) in [5.74, 6) is 0.659. The van der Waals surface area contributed by atoms with Gasteiger partial charge in [-0.25, -0.2) is 4.68 Å². The number of para-hydroxylation sites is 1. The Bertz CT molecular complexity index is 765. The Kier molecular flexibility index (Phi) is 4.74. The molecule has 2 aromatic carbocycles. The van der Waals surface area contributed by atoms with E-state index >= 15 is 0 Å². The maximum atomic E-state index is 9.11. The summed E-state index contributed by atoms with van der Waals surface area (Å²) in [7, 11) is 0. The van der Waals surface area contributed by atoms with Crippen molar-refractivity contribution in [2.45, 2.75) is 19.8 Å². The lowest BCUT2D eigenvalue weighted by Crippen LogP contribution is -2.02. The zero-order valence-corrected chi connectivity index (χ0v) is 13.2. The third kappa shape index (κ3) is 3.43. The number of aromatic nitrogens is 2. The number of aliphatic hydroxyl groups excluding tert-OH is 1. The summed E-state index contributed by atoms with van der Waals surface area (Å²) in [6.07, 6.45) is 2.19. The summed E-state index contributed by atoms with van der Waals surface area (Å²) in [5, 5.41) is 16.6. The number of nitrogens with one attached hydrogen (secondary N) is 1. The van der Waals surface area contributed by atoms with Crippen molar-refractivity contribution >= 4 is 5.82 Å². The molecule has 0 radical (unpaired) electrons. The second-order valence-corrected chi connectivity index (χ2v) is 5.45. The highest BCUT2D eigenvalue weighted by atomic mass is 16.3. The zero-order valence-electron chi connectivity index (χ0n) is 13.2. The van der Waals surface area contributed by atoms with Crippen LogP contribution in [0.4, 0.5) is 5.82 Å². The molecule has 0 saturated carbocycles. The van der Waals surface area contributed by atoms with Crippen molar-refractivity contribution in [1.29, 1.82) is 0 Å². The Morgan fingerprint density at radius 1 is 1.04 bits per heavy atom. The number of aliphatic hydroxyl groups is 1. The molecule has 2 N–H and O–H groups in total. The summed E-state index contributed by atoms with van der Waals surface area (Å²) >= 11 is 0. The molecule has 0 saturated heterocycles. The van der Waals surface area contributed by atoms with Crippen molar-refractivity contribution in [1.82, 2.24) is 9.78 Å². The van der Waals surface area contributed by atoms with E-state index in [0.717, 1.165) is 29.8 Å². The van der Waals surface area contributed by atoms with E-state index in [2.05, 4.69) is 41.6 Å². The van der Waals surface area contributed by atoms with Crippen LogP contribution in [0.25, 0.3) is 16.9 Å². The summed E-state index contributed by atoms with van der Waals surface area (Å²) in [6, 6.07) is 20.5. The topological polar surface area (TPSA) is 50.1 Å². The van der Waals surface area contributed by atoms with Gasteiger partial charge in [-0.3, -0.25) is 0 Å². The first kappa shape index (κ1) is 15.3. The number of hydrogen-bond donors (Lipinski definition) is 2. The van der Waals surface area contributed by atoms with E-state index in [-0.39, 0.29) is 6.73 Å². The molecule has 4 heteroatoms. The average Bonchev–Trinajstić information content (AvgIpc) is 3.01. The maximum absolute atomic E-state index is 9.11. The van der Waals surface area contributed by atoms with Gasteiger partial charge in [0.25, 0.3) is 0 Å². The Hall–Kier alpha value is -2.59. The molecule has 0 aliphatic rings. The summed E-state index contributed by atoms with van der Waals surface area (Å²) in [5.41, 5.74) is 4.44. The fourth-order valence-corrected chi connectivity index (χ4v) is 2.69. The minimum atomic E-state index is -0.138. The molecule has 23 heavy (non-hydrogen) atoms. The highest BCUT2D eigenvalue weighted by molar-refractivity contribution is 5.66. The largest absolute Gasteiger partial charge is 0.377 e. The molecule has 118 valence electrons. The summed E-state index contributed by atoms with van der Waals surface area (Å²) in [4.78, 5) is 0. The molecule has 0 spiro atoms. The van der Waals surface area contributed by atoms with Crippen LogP contribution in [-0.4, -0.2) is 21.6 Å². The van der Waals surface area contributed by atoms with Crippen LogP contribution >= 0.6 is 0 Å². The van der Waals surface area contributed by atoms with Crippen molar-refractivity contribution in [3.8, 4) is 16.9 Å². The first-order chi connectivity index (χ1) is 11.3. The van der Waals surface area contributed by atoms with Crippen LogP contribution in [0.3, 0.4) is 0 Å². The van der Waals surface area contributed by atoms with E-state index < -0.39 is 0 Å². The van der Waals surface area contributed by atoms with Crippen molar-refractivity contribution < 1.29 is 5.11 Å². The molecule has 0 unspecified atom stereocenters. The highest BCUT2D eigenvalue weighted by Gasteiger charge is 2.11. The fourth-order valence-electron chi connectivity index (χ4n) is 2.69. The van der Waals surface area contributed by atoms with Gasteiger partial charge in [0.1, 0.15) is 6.73 Å². The SMILES string of the molecule is CCCc1cccc(-c2cc(NCO)nn2-c2ccccc2)c1. The second kappa shape index (κ2) is 7.11. The van der Waals surface area contributed by atoms with Crippen LogP contribution in [0.5, 0.6) is 0 Å². The van der Waals surface area contributed by atoms with Gasteiger partial charge in [-0.2, -0.15) is 0 Å². The van der Waals surface area contributed by atoms with Gasteiger partial charge in [0.05, 0.1) is 11.4 Å². The third-order valence-electron chi connectivity index (χ3n) is 3.73. The summed E-state index contributed by atoms with van der Waals surface area (Å²) in [6.45, 7) is 2.05. The van der Waals surface area contributed by atoms with Gasteiger partial charge in [-0.1, -0.05) is 49.7 Å². The summed E-state index contributed by atoms with van der Waals surface area (Å²) < 4.78 is 1.91. The Morgan fingerprint density at radius 2 is 1.87 bits per heavy atom. The Balaban J connectivity index is 2.08. The molecule has 0 atom stereocenters. The first-order valence-corrected chi connectivity index (χ1v) is 7.91. The van der Waals surface area contributed by atoms with Gasteiger partial charge in [-0.05, 0) is 30.2 Å². The normalized spacial score (nSPS) is 10.7. The van der Waals surface area contributed by atoms with Crippen molar-refractivity contribution in [2.75, 3.05) is 12.0 Å². The predicted octanol–water partition coefficient (Wildman–Crippen LogP) is 3.85. The van der Waals surface area contributed by atoms with Gasteiger partial charge in [-0.15, -0.1) is 5.10 Å². The molecule has 0 bridgehead atoms. The predicted molar refractivity (Wildman–Crippen MR) is 93.7 cm³/mol. The zero-order chi connectivity index (χ0) is 16.1. The van der Waals surface area contributed by atoms with Gasteiger partial charge < -0.3 is 10.4 Å². The second-order valence-electron chi connectivity index (χ2n) is 5.45. The number of hydrogen-bond acceptors (Lipinski definition) is 3. The minimum absolute atomic E-state index is 0.138. The third-order valence-corrected chi connectivity index (χ3v) is 3.73. The number of rotatable bonds is 6. The number of nitrogens with zero attached hydrogens (tertiary/aromatic N) is 2. The van der Waals surface area contributed by atoms with Crippen LogP contribution < -0.4 is 5.32 Å². The standard InChI is InChI=1S/C19H21N3O/c1-2-7-15-8-6-9-16(12-15)18-13-19(20-14-23)21-22(18)17-10-4-3-5-11-17/h3-6,8-13,23H,2,7,14H2,1H3,(H,20,21). The maximum Gasteiger partial charge on any atom is 0.150 e. The molecule has 0 aliphatic carbocycles. The molecular weight excluding hydrogens is 286 g/mol. The average molecular weight is 307 g/mol. The van der Waals surface area contributed by atoms with Crippen molar-refractivity contribution in [3.63, 3.8) is 0 Å². The fraction of sp³-hybridized carbons (Fsp3) is 0.211. The molecule has 0 fully saturated rings. The van der Waals surface area contributed by atoms with E-state index in [4.69, 9.17) is 5.11 Å². The Labute approximate surface area is 136 Å². The van der Waals surface area contributed by atoms with Gasteiger partial charge in [0.2, 0.25) is 0 Å². The highest BCUT2D eigenvalue weighted by Crippen LogP contribution is 2.27. The molecular formula is C19H21N3O. The molecule has 1 aromatic heterocycles. The van der Waals surface area contributed by atoms with Crippen molar-refractivity contribution in [2.24, 2.45) is 0 Å². The lowest BCUT2D eigenvalue weighted by molar-refractivity contribution is 0.325. The lowest BCUT2D eigenvalue weighted by atomic mass is 10.0. The number of benzene rings is 2.